The molecule has 3 rings (SSSR count). The third kappa shape index (κ3) is 8.75. The molecule has 3 N–H and O–H groups in total. The molecule has 1 aromatic rings. The molecule has 0 radical (unpaired) electrons. The molecule has 10 nitrogen and oxygen atoms in total. The van der Waals surface area contributed by atoms with Crippen LogP contribution < -0.4 is 9.46 Å². The van der Waals surface area contributed by atoms with Gasteiger partial charge in [-0.15, -0.1) is 0 Å². The standard InChI is InChI=1S/C23H32ClN3O7S/c1-3-4-18(13-33-21-12-17(24)7-8-25-21)34-26-23(16-5-6-16)22-19(28)10-15(11-20(22)29)9-14(2)27-35(30,31)32/h7-8,12,14-16,18,27-28H,3-6,9-11,13H2,1-2H3,(H,30,31,32). The molecule has 0 saturated heterocycles. The normalized spacial score (nSPS) is 21.1. The minimum atomic E-state index is -4.34. The van der Waals surface area contributed by atoms with Gasteiger partial charge in [-0.25, -0.2) is 4.98 Å². The second-order valence-electron chi connectivity index (χ2n) is 9.14. The SMILES string of the molecule is CCCC(COc1cc(Cl)ccn1)ON=C(C1=C(O)CC(CC(C)NS(=O)(=O)O)CC1=O)C1CC1. The molecule has 0 amide bonds. The molecular weight excluding hydrogens is 498 g/mol. The van der Waals surface area contributed by atoms with E-state index in [-0.39, 0.29) is 54.5 Å². The van der Waals surface area contributed by atoms with E-state index in [1.165, 1.54) is 0 Å². The summed E-state index contributed by atoms with van der Waals surface area (Å²) in [5, 5.41) is 15.6. The van der Waals surface area contributed by atoms with Crippen molar-refractivity contribution in [1.82, 2.24) is 9.71 Å². The topological polar surface area (TPSA) is 147 Å². The highest BCUT2D eigenvalue weighted by Gasteiger charge is 2.39. The summed E-state index contributed by atoms with van der Waals surface area (Å²) in [5.41, 5.74) is 0.656. The molecule has 12 heteroatoms. The second kappa shape index (κ2) is 12.2. The van der Waals surface area contributed by atoms with Crippen LogP contribution in [0.1, 0.15) is 58.8 Å². The van der Waals surface area contributed by atoms with Gasteiger partial charge < -0.3 is 14.7 Å². The highest BCUT2D eigenvalue weighted by molar-refractivity contribution is 7.83. The van der Waals surface area contributed by atoms with E-state index >= 15 is 0 Å². The molecule has 1 aromatic heterocycles. The number of nitrogens with one attached hydrogen (secondary N) is 1. The van der Waals surface area contributed by atoms with Crippen LogP contribution in [0.3, 0.4) is 0 Å². The number of ketones is 1. The van der Waals surface area contributed by atoms with E-state index in [1.807, 2.05) is 6.92 Å². The van der Waals surface area contributed by atoms with Crippen LogP contribution in [-0.2, 0) is 19.9 Å². The lowest BCUT2D eigenvalue weighted by molar-refractivity contribution is -0.116. The van der Waals surface area contributed by atoms with E-state index in [0.29, 0.717) is 29.5 Å². The van der Waals surface area contributed by atoms with Crippen molar-refractivity contribution in [3.05, 3.63) is 34.7 Å². The van der Waals surface area contributed by atoms with E-state index in [1.54, 1.807) is 25.3 Å². The predicted molar refractivity (Wildman–Crippen MR) is 131 cm³/mol. The Hall–Kier alpha value is -2.21. The average molecular weight is 530 g/mol. The highest BCUT2D eigenvalue weighted by Crippen LogP contribution is 2.38. The maximum absolute atomic E-state index is 13.0. The Balaban J connectivity index is 1.69. The molecule has 2 aliphatic carbocycles. The van der Waals surface area contributed by atoms with Gasteiger partial charge in [0.2, 0.25) is 5.88 Å². The molecule has 0 spiro atoms. The van der Waals surface area contributed by atoms with Crippen LogP contribution >= 0.6 is 11.6 Å². The number of aliphatic hydroxyl groups excluding tert-OH is 1. The van der Waals surface area contributed by atoms with Gasteiger partial charge in [0.05, 0.1) is 11.3 Å². The fraction of sp³-hybridized carbons (Fsp3) is 0.609. The van der Waals surface area contributed by atoms with Gasteiger partial charge in [-0.1, -0.05) is 30.1 Å². The number of pyridine rings is 1. The van der Waals surface area contributed by atoms with Gasteiger partial charge in [-0.05, 0) is 44.6 Å². The minimum absolute atomic E-state index is 0.0468. The number of nitrogens with zero attached hydrogens (tertiary/aromatic N) is 2. The first-order valence-corrected chi connectivity index (χ1v) is 13.6. The first-order valence-electron chi connectivity index (χ1n) is 11.7. The number of oxime groups is 1. The molecule has 194 valence electrons. The van der Waals surface area contributed by atoms with Crippen LogP contribution in [0.4, 0.5) is 0 Å². The summed E-state index contributed by atoms with van der Waals surface area (Å²) in [6.45, 7) is 3.80. The summed E-state index contributed by atoms with van der Waals surface area (Å²) in [6.07, 6.45) is 5.03. The number of ether oxygens (including phenoxy) is 1. The Bertz CT molecular complexity index is 1070. The van der Waals surface area contributed by atoms with Crippen molar-refractivity contribution in [2.75, 3.05) is 6.61 Å². The molecule has 2 aliphatic rings. The van der Waals surface area contributed by atoms with Crippen molar-refractivity contribution in [3.63, 3.8) is 0 Å². The van der Waals surface area contributed by atoms with Gasteiger partial charge in [0.25, 0.3) is 0 Å². The Morgan fingerprint density at radius 1 is 1.37 bits per heavy atom. The zero-order chi connectivity index (χ0) is 25.6. The summed E-state index contributed by atoms with van der Waals surface area (Å²) in [7, 11) is -4.34. The van der Waals surface area contributed by atoms with E-state index in [2.05, 4.69) is 14.9 Å². The van der Waals surface area contributed by atoms with Gasteiger partial charge in [-0.2, -0.15) is 13.1 Å². The summed E-state index contributed by atoms with van der Waals surface area (Å²) < 4.78 is 38.8. The number of carbonyl (C=O) groups is 1. The molecule has 1 heterocycles. The minimum Gasteiger partial charge on any atom is -0.511 e. The molecule has 3 atom stereocenters. The quantitative estimate of drug-likeness (QED) is 0.197. The number of hydrogen-bond donors (Lipinski definition) is 3. The van der Waals surface area contributed by atoms with Gasteiger partial charge in [0.1, 0.15) is 12.4 Å². The lowest BCUT2D eigenvalue weighted by Gasteiger charge is -2.26. The third-order valence-corrected chi connectivity index (χ3v) is 6.74. The highest BCUT2D eigenvalue weighted by atomic mass is 35.5. The lowest BCUT2D eigenvalue weighted by Crippen LogP contribution is -2.35. The van der Waals surface area contributed by atoms with Crippen molar-refractivity contribution in [3.8, 4) is 5.88 Å². The second-order valence-corrected chi connectivity index (χ2v) is 10.8. The van der Waals surface area contributed by atoms with E-state index in [0.717, 1.165) is 19.3 Å². The van der Waals surface area contributed by atoms with E-state index < -0.39 is 16.3 Å². The van der Waals surface area contributed by atoms with Crippen LogP contribution in [0.25, 0.3) is 0 Å². The number of aliphatic hydroxyl groups is 1. The number of aromatic nitrogens is 1. The van der Waals surface area contributed by atoms with Crippen molar-refractivity contribution in [2.24, 2.45) is 17.0 Å². The van der Waals surface area contributed by atoms with Crippen LogP contribution in [0.5, 0.6) is 5.88 Å². The first-order chi connectivity index (χ1) is 16.6. The number of allylic oxidation sites excluding steroid dienone is 2. The first kappa shape index (κ1) is 27.4. The molecular formula is C23H32ClN3O7S. The fourth-order valence-corrected chi connectivity index (χ4v) is 4.93. The number of halogens is 1. The lowest BCUT2D eigenvalue weighted by atomic mass is 9.81. The largest absolute Gasteiger partial charge is 0.511 e. The maximum atomic E-state index is 13.0. The molecule has 3 unspecified atom stereocenters. The zero-order valence-electron chi connectivity index (χ0n) is 19.8. The summed E-state index contributed by atoms with van der Waals surface area (Å²) in [5.74, 6) is -0.154. The molecule has 0 aliphatic heterocycles. The Kier molecular flexibility index (Phi) is 9.51. The van der Waals surface area contributed by atoms with Crippen LogP contribution in [0, 0.1) is 11.8 Å². The summed E-state index contributed by atoms with van der Waals surface area (Å²) in [4.78, 5) is 22.9. The van der Waals surface area contributed by atoms with Gasteiger partial charge in [0, 0.05) is 42.1 Å². The smallest absolute Gasteiger partial charge is 0.333 e. The molecule has 0 bridgehead atoms. The monoisotopic (exact) mass is 529 g/mol. The van der Waals surface area contributed by atoms with Crippen molar-refractivity contribution < 1.29 is 32.4 Å². The van der Waals surface area contributed by atoms with Crippen molar-refractivity contribution in [1.29, 1.82) is 0 Å². The summed E-state index contributed by atoms with van der Waals surface area (Å²) >= 11 is 5.97. The van der Waals surface area contributed by atoms with E-state index in [9.17, 15) is 18.3 Å². The van der Waals surface area contributed by atoms with Crippen molar-refractivity contribution >= 4 is 33.4 Å². The van der Waals surface area contributed by atoms with Crippen molar-refractivity contribution in [2.45, 2.75) is 70.9 Å². The molecule has 1 saturated carbocycles. The Labute approximate surface area is 210 Å². The number of hydrogen-bond acceptors (Lipinski definition) is 8. The van der Waals surface area contributed by atoms with Crippen LogP contribution in [-0.4, -0.2) is 53.3 Å². The zero-order valence-corrected chi connectivity index (χ0v) is 21.4. The molecule has 1 fully saturated rings. The predicted octanol–water partition coefficient (Wildman–Crippen LogP) is 4.03. The van der Waals surface area contributed by atoms with Crippen LogP contribution in [0.2, 0.25) is 5.02 Å². The molecule has 35 heavy (non-hydrogen) atoms. The maximum Gasteiger partial charge on any atom is 0.333 e. The Morgan fingerprint density at radius 3 is 2.71 bits per heavy atom. The number of Topliss-reactive ketones (excluding diaryl/α,β-unsaturated/α-hetero) is 1. The number of carbonyl (C=O) groups excluding carboxylic acids is 1. The van der Waals surface area contributed by atoms with Gasteiger partial charge >= 0.3 is 10.3 Å². The Morgan fingerprint density at radius 2 is 2.11 bits per heavy atom. The average Bonchev–Trinajstić information content (AvgIpc) is 3.57. The van der Waals surface area contributed by atoms with Gasteiger partial charge in [-0.3, -0.25) is 9.35 Å². The van der Waals surface area contributed by atoms with Crippen LogP contribution in [0.15, 0.2) is 34.8 Å². The van der Waals surface area contributed by atoms with E-state index in [4.69, 9.17) is 25.7 Å². The number of rotatable bonds is 13. The van der Waals surface area contributed by atoms with Gasteiger partial charge in [0.15, 0.2) is 11.9 Å². The summed E-state index contributed by atoms with van der Waals surface area (Å²) in [6, 6.07) is 2.68. The fourth-order valence-electron chi connectivity index (χ4n) is 4.18. The molecule has 0 aromatic carbocycles. The third-order valence-electron chi connectivity index (χ3n) is 5.81.